The van der Waals surface area contributed by atoms with E-state index in [4.69, 9.17) is 34.8 Å². The molecule has 0 amide bonds. The molecule has 0 saturated heterocycles. The van der Waals surface area contributed by atoms with E-state index < -0.39 is 4.92 Å². The van der Waals surface area contributed by atoms with Crippen molar-refractivity contribution in [3.8, 4) is 11.3 Å². The van der Waals surface area contributed by atoms with Gasteiger partial charge in [-0.25, -0.2) is 4.68 Å². The Hall–Kier alpha value is -2.45. The van der Waals surface area contributed by atoms with Gasteiger partial charge in [-0.3, -0.25) is 15.1 Å². The van der Waals surface area contributed by atoms with Crippen molar-refractivity contribution in [1.29, 1.82) is 0 Å². The van der Waals surface area contributed by atoms with E-state index in [0.717, 1.165) is 11.3 Å². The molecule has 3 aromatic rings. The number of rotatable bonds is 6. The Labute approximate surface area is 185 Å². The van der Waals surface area contributed by atoms with Gasteiger partial charge >= 0.3 is 0 Å². The molecular weight excluding hydrogens is 455 g/mol. The van der Waals surface area contributed by atoms with Crippen LogP contribution in [0.2, 0.25) is 15.1 Å². The van der Waals surface area contributed by atoms with Crippen LogP contribution in [0, 0.1) is 10.1 Å². The quantitative estimate of drug-likeness (QED) is 0.191. The van der Waals surface area contributed by atoms with Gasteiger partial charge in [0.25, 0.3) is 5.69 Å². The summed E-state index contributed by atoms with van der Waals surface area (Å²) in [5.41, 5.74) is 1.88. The minimum Gasteiger partial charge on any atom is -0.258 e. The topological polar surface area (TPSA) is 72.8 Å². The Balaban J connectivity index is 2.09. The van der Waals surface area contributed by atoms with Crippen molar-refractivity contribution < 1.29 is 4.92 Å². The fraction of sp³-hybridized carbons (Fsp3) is 0.0526. The van der Waals surface area contributed by atoms with Crippen LogP contribution in [0.25, 0.3) is 11.3 Å². The number of nitro groups is 1. The molecule has 6 nitrogen and oxygen atoms in total. The third-order valence-corrected chi connectivity index (χ3v) is 5.66. The highest BCUT2D eigenvalue weighted by atomic mass is 35.5. The van der Waals surface area contributed by atoms with Crippen molar-refractivity contribution in [2.24, 2.45) is 10.1 Å². The van der Waals surface area contributed by atoms with E-state index in [1.165, 1.54) is 29.7 Å². The minimum atomic E-state index is -0.538. The largest absolute Gasteiger partial charge is 0.288 e. The van der Waals surface area contributed by atoms with Crippen molar-refractivity contribution in [3.05, 3.63) is 90.0 Å². The highest BCUT2D eigenvalue weighted by Crippen LogP contribution is 2.29. The van der Waals surface area contributed by atoms with Crippen LogP contribution in [-0.4, -0.2) is 22.4 Å². The van der Waals surface area contributed by atoms with Gasteiger partial charge in [0.15, 0.2) is 0 Å². The molecule has 0 N–H and O–H groups in total. The lowest BCUT2D eigenvalue weighted by Gasteiger charge is -2.05. The molecule has 0 aliphatic rings. The fourth-order valence-electron chi connectivity index (χ4n) is 2.39. The van der Waals surface area contributed by atoms with Gasteiger partial charge in [0.05, 0.1) is 33.4 Å². The summed E-state index contributed by atoms with van der Waals surface area (Å²) in [4.78, 5) is 15.6. The lowest BCUT2D eigenvalue weighted by atomic mass is 10.2. The molecule has 0 unspecified atom stereocenters. The molecule has 0 saturated carbocycles. The lowest BCUT2D eigenvalue weighted by molar-refractivity contribution is -0.384. The molecule has 0 aliphatic heterocycles. The van der Waals surface area contributed by atoms with Crippen LogP contribution in [-0.2, 0) is 0 Å². The number of halogens is 3. The SMILES string of the molecule is C=CCN=c1scc(-c2ccc(Cl)c(Cl)c2)n1N=Cc1ccc(Cl)c([N+](=O)[O-])c1. The standard InChI is InChI=1S/C19H13Cl3N4O2S/c1-2-7-23-19-25(18(11-29-19)13-4-6-14(20)16(22)9-13)24-10-12-3-5-15(21)17(8-12)26(27)28/h2-6,8-11H,1,7H2. The molecule has 0 fully saturated rings. The molecule has 148 valence electrons. The molecule has 1 aromatic heterocycles. The molecule has 0 radical (unpaired) electrons. The summed E-state index contributed by atoms with van der Waals surface area (Å²) in [7, 11) is 0. The summed E-state index contributed by atoms with van der Waals surface area (Å²) in [6, 6.07) is 9.73. The van der Waals surface area contributed by atoms with Crippen molar-refractivity contribution in [3.63, 3.8) is 0 Å². The predicted molar refractivity (Wildman–Crippen MR) is 119 cm³/mol. The van der Waals surface area contributed by atoms with Gasteiger partial charge in [0.1, 0.15) is 5.02 Å². The van der Waals surface area contributed by atoms with Gasteiger partial charge in [0.2, 0.25) is 4.80 Å². The molecule has 0 atom stereocenters. The normalized spacial score (nSPS) is 11.9. The molecule has 0 aliphatic carbocycles. The van der Waals surface area contributed by atoms with Crippen LogP contribution < -0.4 is 4.80 Å². The third kappa shape index (κ3) is 4.94. The maximum Gasteiger partial charge on any atom is 0.288 e. The van der Waals surface area contributed by atoms with Gasteiger partial charge in [-0.1, -0.05) is 53.0 Å². The van der Waals surface area contributed by atoms with Crippen LogP contribution in [0.5, 0.6) is 0 Å². The predicted octanol–water partition coefficient (Wildman–Crippen LogP) is 6.05. The monoisotopic (exact) mass is 466 g/mol. The average molecular weight is 468 g/mol. The number of thiazole rings is 1. The number of hydrogen-bond acceptors (Lipinski definition) is 5. The van der Waals surface area contributed by atoms with E-state index in [1.807, 2.05) is 11.4 Å². The third-order valence-electron chi connectivity index (χ3n) is 3.75. The van der Waals surface area contributed by atoms with Crippen LogP contribution in [0.3, 0.4) is 0 Å². The first-order chi connectivity index (χ1) is 13.9. The zero-order valence-electron chi connectivity index (χ0n) is 14.8. The maximum absolute atomic E-state index is 11.1. The van der Waals surface area contributed by atoms with Crippen LogP contribution in [0.4, 0.5) is 5.69 Å². The maximum atomic E-state index is 11.1. The highest BCUT2D eigenvalue weighted by molar-refractivity contribution is 7.07. The van der Waals surface area contributed by atoms with Crippen molar-refractivity contribution in [2.75, 3.05) is 6.54 Å². The van der Waals surface area contributed by atoms with Gasteiger partial charge < -0.3 is 0 Å². The van der Waals surface area contributed by atoms with E-state index in [1.54, 1.807) is 29.0 Å². The van der Waals surface area contributed by atoms with Gasteiger partial charge in [-0.05, 0) is 18.2 Å². The second kappa shape index (κ2) is 9.37. The smallest absolute Gasteiger partial charge is 0.258 e. The second-order valence-corrected chi connectivity index (χ2v) is 7.74. The van der Waals surface area contributed by atoms with Gasteiger partial charge in [-0.2, -0.15) is 5.10 Å². The summed E-state index contributed by atoms with van der Waals surface area (Å²) in [6.07, 6.45) is 3.18. The average Bonchev–Trinajstić information content (AvgIpc) is 3.10. The van der Waals surface area contributed by atoms with Gasteiger partial charge in [-0.15, -0.1) is 17.9 Å². The number of hydrogen-bond donors (Lipinski definition) is 0. The van der Waals surface area contributed by atoms with Crippen molar-refractivity contribution in [2.45, 2.75) is 0 Å². The molecule has 3 rings (SSSR count). The Kier molecular flexibility index (Phi) is 6.87. The Bertz CT molecular complexity index is 1180. The molecule has 0 bridgehead atoms. The van der Waals surface area contributed by atoms with E-state index in [9.17, 15) is 10.1 Å². The minimum absolute atomic E-state index is 0.0634. The highest BCUT2D eigenvalue weighted by Gasteiger charge is 2.13. The summed E-state index contributed by atoms with van der Waals surface area (Å²) in [6.45, 7) is 4.09. The fourth-order valence-corrected chi connectivity index (χ4v) is 3.72. The first kappa shape index (κ1) is 21.3. The van der Waals surface area contributed by atoms with E-state index in [-0.39, 0.29) is 10.7 Å². The lowest BCUT2D eigenvalue weighted by Crippen LogP contribution is -2.12. The second-order valence-electron chi connectivity index (χ2n) is 5.69. The number of nitro benzene ring substituents is 1. The molecule has 2 aromatic carbocycles. The summed E-state index contributed by atoms with van der Waals surface area (Å²) < 4.78 is 1.63. The first-order valence-electron chi connectivity index (χ1n) is 8.16. The number of aromatic nitrogens is 1. The van der Waals surface area contributed by atoms with Crippen molar-refractivity contribution >= 4 is 58.0 Å². The summed E-state index contributed by atoms with van der Waals surface area (Å²) >= 11 is 19.4. The van der Waals surface area contributed by atoms with E-state index in [2.05, 4.69) is 16.7 Å². The number of benzene rings is 2. The van der Waals surface area contributed by atoms with Crippen LogP contribution >= 0.6 is 46.1 Å². The Morgan fingerprint density at radius 1 is 1.14 bits per heavy atom. The van der Waals surface area contributed by atoms with E-state index in [0.29, 0.717) is 27.0 Å². The summed E-state index contributed by atoms with van der Waals surface area (Å²) in [5, 5.41) is 18.4. The first-order valence-corrected chi connectivity index (χ1v) is 10.2. The van der Waals surface area contributed by atoms with Crippen molar-refractivity contribution in [1.82, 2.24) is 4.68 Å². The summed E-state index contributed by atoms with van der Waals surface area (Å²) in [5.74, 6) is 0. The van der Waals surface area contributed by atoms with Crippen LogP contribution in [0.15, 0.2) is 64.5 Å². The molecular formula is C19H13Cl3N4O2S. The molecule has 1 heterocycles. The van der Waals surface area contributed by atoms with Crippen LogP contribution in [0.1, 0.15) is 5.56 Å². The molecule has 29 heavy (non-hydrogen) atoms. The molecule has 0 spiro atoms. The number of nitrogens with zero attached hydrogens (tertiary/aromatic N) is 4. The zero-order chi connectivity index (χ0) is 21.0. The zero-order valence-corrected chi connectivity index (χ0v) is 17.8. The van der Waals surface area contributed by atoms with Gasteiger partial charge in [0, 0.05) is 22.6 Å². The van der Waals surface area contributed by atoms with E-state index >= 15 is 0 Å². The Morgan fingerprint density at radius 2 is 1.90 bits per heavy atom. The molecule has 10 heteroatoms. The Morgan fingerprint density at radius 3 is 2.59 bits per heavy atom.